The predicted octanol–water partition coefficient (Wildman–Crippen LogP) is 2.69. The van der Waals surface area contributed by atoms with Gasteiger partial charge in [0.1, 0.15) is 11.3 Å². The first-order valence-electron chi connectivity index (χ1n) is 6.93. The molecule has 0 saturated heterocycles. The smallest absolute Gasteiger partial charge is 0.156 e. The van der Waals surface area contributed by atoms with E-state index in [4.69, 9.17) is 12.2 Å². The molecule has 3 rings (SSSR count). The highest BCUT2D eigenvalue weighted by Gasteiger charge is 2.16. The average Bonchev–Trinajstić information content (AvgIpc) is 3.06. The number of pyridine rings is 1. The highest BCUT2D eigenvalue weighted by molar-refractivity contribution is 7.80. The molecule has 0 aliphatic heterocycles. The molecule has 0 spiro atoms. The molecule has 6 heteroatoms. The van der Waals surface area contributed by atoms with E-state index in [-0.39, 0.29) is 6.04 Å². The lowest BCUT2D eigenvalue weighted by Gasteiger charge is -2.16. The second-order valence-corrected chi connectivity index (χ2v) is 5.19. The van der Waals surface area contributed by atoms with E-state index >= 15 is 0 Å². The Morgan fingerprint density at radius 3 is 2.59 bits per heavy atom. The molecule has 0 fully saturated rings. The second kappa shape index (κ2) is 6.44. The number of nitrogens with zero attached hydrogens (tertiary/aromatic N) is 4. The molecule has 0 aliphatic carbocycles. The van der Waals surface area contributed by atoms with Crippen LogP contribution in [0.3, 0.4) is 0 Å². The Morgan fingerprint density at radius 2 is 1.86 bits per heavy atom. The number of benzene rings is 1. The van der Waals surface area contributed by atoms with Gasteiger partial charge in [0, 0.05) is 11.8 Å². The first kappa shape index (κ1) is 14.3. The van der Waals surface area contributed by atoms with Gasteiger partial charge in [0.2, 0.25) is 0 Å². The van der Waals surface area contributed by atoms with Crippen LogP contribution in [-0.2, 0) is 0 Å². The third-order valence-corrected chi connectivity index (χ3v) is 3.56. The van der Waals surface area contributed by atoms with E-state index in [0.29, 0.717) is 4.99 Å². The average molecular weight is 309 g/mol. The monoisotopic (exact) mass is 309 g/mol. The van der Waals surface area contributed by atoms with Crippen LogP contribution in [-0.4, -0.2) is 24.7 Å². The fourth-order valence-electron chi connectivity index (χ4n) is 2.14. The summed E-state index contributed by atoms with van der Waals surface area (Å²) >= 11 is 5.45. The van der Waals surface area contributed by atoms with Gasteiger partial charge in [-0.2, -0.15) is 9.78 Å². The lowest BCUT2D eigenvalue weighted by atomic mass is 10.2. The van der Waals surface area contributed by atoms with Gasteiger partial charge in [-0.25, -0.2) is 9.97 Å². The van der Waals surface area contributed by atoms with Gasteiger partial charge in [0.15, 0.2) is 11.6 Å². The van der Waals surface area contributed by atoms with Crippen LogP contribution in [0.1, 0.15) is 24.4 Å². The van der Waals surface area contributed by atoms with E-state index in [0.717, 1.165) is 17.2 Å². The standard InChI is InChI=1S/C16H15N5S/c1-12(20-16(22)13-7-3-2-4-8-13)15-18-11-19-21(15)14-9-5-6-10-17-14/h2-12H,1H3,(H,20,22). The first-order chi connectivity index (χ1) is 10.8. The van der Waals surface area contributed by atoms with E-state index in [1.54, 1.807) is 10.9 Å². The molecule has 2 heterocycles. The van der Waals surface area contributed by atoms with Crippen LogP contribution < -0.4 is 5.32 Å². The third-order valence-electron chi connectivity index (χ3n) is 3.21. The zero-order chi connectivity index (χ0) is 15.4. The van der Waals surface area contributed by atoms with Crippen molar-refractivity contribution in [3.63, 3.8) is 0 Å². The molecule has 3 aromatic rings. The zero-order valence-electron chi connectivity index (χ0n) is 12.0. The maximum Gasteiger partial charge on any atom is 0.156 e. The van der Waals surface area contributed by atoms with Crippen LogP contribution in [0.15, 0.2) is 61.1 Å². The van der Waals surface area contributed by atoms with Crippen molar-refractivity contribution in [2.45, 2.75) is 13.0 Å². The Hall–Kier alpha value is -2.60. The lowest BCUT2D eigenvalue weighted by Crippen LogP contribution is -2.28. The highest BCUT2D eigenvalue weighted by Crippen LogP contribution is 2.14. The molecule has 1 unspecified atom stereocenters. The fraction of sp³-hybridized carbons (Fsp3) is 0.125. The summed E-state index contributed by atoms with van der Waals surface area (Å²) in [7, 11) is 0. The number of thiocarbonyl (C=S) groups is 1. The minimum atomic E-state index is -0.0859. The van der Waals surface area contributed by atoms with Gasteiger partial charge in [-0.15, -0.1) is 0 Å². The van der Waals surface area contributed by atoms with Gasteiger partial charge >= 0.3 is 0 Å². The van der Waals surface area contributed by atoms with Crippen molar-refractivity contribution in [3.8, 4) is 5.82 Å². The number of aromatic nitrogens is 4. The molecular formula is C16H15N5S. The number of rotatable bonds is 4. The molecule has 110 valence electrons. The third kappa shape index (κ3) is 3.01. The number of hydrogen-bond donors (Lipinski definition) is 1. The summed E-state index contributed by atoms with van der Waals surface area (Å²) in [5, 5.41) is 7.54. The quantitative estimate of drug-likeness (QED) is 0.751. The van der Waals surface area contributed by atoms with E-state index < -0.39 is 0 Å². The Bertz CT molecular complexity index is 754. The summed E-state index contributed by atoms with van der Waals surface area (Å²) < 4.78 is 1.71. The predicted molar refractivity (Wildman–Crippen MR) is 88.8 cm³/mol. The van der Waals surface area contributed by atoms with Gasteiger partial charge in [-0.05, 0) is 19.1 Å². The van der Waals surface area contributed by atoms with Gasteiger partial charge in [0.05, 0.1) is 6.04 Å². The van der Waals surface area contributed by atoms with Crippen LogP contribution in [0.25, 0.3) is 5.82 Å². The van der Waals surface area contributed by atoms with Crippen molar-refractivity contribution < 1.29 is 0 Å². The van der Waals surface area contributed by atoms with Gasteiger partial charge in [-0.1, -0.05) is 48.6 Å². The Balaban J connectivity index is 1.81. The highest BCUT2D eigenvalue weighted by atomic mass is 32.1. The van der Waals surface area contributed by atoms with Crippen LogP contribution in [0, 0.1) is 0 Å². The molecule has 0 amide bonds. The van der Waals surface area contributed by atoms with Crippen molar-refractivity contribution in [2.24, 2.45) is 0 Å². The SMILES string of the molecule is CC(NC(=S)c1ccccc1)c1ncnn1-c1ccccn1. The molecule has 2 aromatic heterocycles. The fourth-order valence-corrected chi connectivity index (χ4v) is 2.45. The van der Waals surface area contributed by atoms with Crippen molar-refractivity contribution in [2.75, 3.05) is 0 Å². The summed E-state index contributed by atoms with van der Waals surface area (Å²) in [6, 6.07) is 15.4. The molecule has 1 atom stereocenters. The maximum atomic E-state index is 5.45. The lowest BCUT2D eigenvalue weighted by molar-refractivity contribution is 0.631. The molecule has 1 aromatic carbocycles. The molecule has 0 saturated carbocycles. The molecule has 0 bridgehead atoms. The summed E-state index contributed by atoms with van der Waals surface area (Å²) in [5.41, 5.74) is 0.980. The second-order valence-electron chi connectivity index (χ2n) is 4.78. The van der Waals surface area contributed by atoms with E-state index in [1.807, 2.05) is 55.5 Å². The minimum Gasteiger partial charge on any atom is -0.366 e. The largest absolute Gasteiger partial charge is 0.366 e. The summed E-state index contributed by atoms with van der Waals surface area (Å²) in [4.78, 5) is 9.31. The van der Waals surface area contributed by atoms with Crippen LogP contribution in [0.2, 0.25) is 0 Å². The van der Waals surface area contributed by atoms with Crippen LogP contribution in [0.4, 0.5) is 0 Å². The summed E-state index contributed by atoms with van der Waals surface area (Å²) in [6.07, 6.45) is 3.25. The summed E-state index contributed by atoms with van der Waals surface area (Å²) in [6.45, 7) is 2.00. The molecule has 0 radical (unpaired) electrons. The van der Waals surface area contributed by atoms with Crippen molar-refractivity contribution in [3.05, 3.63) is 72.4 Å². The normalized spacial score (nSPS) is 11.9. The minimum absolute atomic E-state index is 0.0859. The van der Waals surface area contributed by atoms with Gasteiger partial charge in [-0.3, -0.25) is 0 Å². The number of nitrogens with one attached hydrogen (secondary N) is 1. The van der Waals surface area contributed by atoms with E-state index in [9.17, 15) is 0 Å². The van der Waals surface area contributed by atoms with Crippen LogP contribution >= 0.6 is 12.2 Å². The van der Waals surface area contributed by atoms with Gasteiger partial charge < -0.3 is 5.32 Å². The Morgan fingerprint density at radius 1 is 1.09 bits per heavy atom. The molecule has 5 nitrogen and oxygen atoms in total. The molecular weight excluding hydrogens is 294 g/mol. The molecule has 0 aliphatic rings. The van der Waals surface area contributed by atoms with Gasteiger partial charge in [0.25, 0.3) is 0 Å². The van der Waals surface area contributed by atoms with E-state index in [1.165, 1.54) is 6.33 Å². The maximum absolute atomic E-state index is 5.45. The Kier molecular flexibility index (Phi) is 4.20. The van der Waals surface area contributed by atoms with E-state index in [2.05, 4.69) is 20.4 Å². The van der Waals surface area contributed by atoms with Crippen LogP contribution in [0.5, 0.6) is 0 Å². The molecule has 22 heavy (non-hydrogen) atoms. The van der Waals surface area contributed by atoms with Crippen molar-refractivity contribution in [1.29, 1.82) is 0 Å². The van der Waals surface area contributed by atoms with Crippen molar-refractivity contribution in [1.82, 2.24) is 25.1 Å². The molecule has 1 N–H and O–H groups in total. The Labute approximate surface area is 134 Å². The zero-order valence-corrected chi connectivity index (χ0v) is 12.9. The topological polar surface area (TPSA) is 55.6 Å². The first-order valence-corrected chi connectivity index (χ1v) is 7.34. The van der Waals surface area contributed by atoms with Crippen molar-refractivity contribution >= 4 is 17.2 Å². The number of hydrogen-bond acceptors (Lipinski definition) is 4. The summed E-state index contributed by atoms with van der Waals surface area (Å²) in [5.74, 6) is 1.49.